The van der Waals surface area contributed by atoms with Crippen LogP contribution in [0.1, 0.15) is 36.5 Å². The van der Waals surface area contributed by atoms with E-state index in [4.69, 9.17) is 14.1 Å². The highest BCUT2D eigenvalue weighted by atomic mass is 16.5. The first kappa shape index (κ1) is 18.1. The van der Waals surface area contributed by atoms with Crippen molar-refractivity contribution >= 4 is 5.96 Å². The Morgan fingerprint density at radius 3 is 3.11 bits per heavy atom. The molecular formula is C20H29N5O2. The average molecular weight is 371 g/mol. The summed E-state index contributed by atoms with van der Waals surface area (Å²) in [5.41, 5.74) is 1.31. The zero-order valence-corrected chi connectivity index (χ0v) is 16.0. The van der Waals surface area contributed by atoms with Crippen LogP contribution in [0.4, 0.5) is 0 Å². The normalized spacial score (nSPS) is 23.3. The van der Waals surface area contributed by atoms with Gasteiger partial charge in [0, 0.05) is 51.8 Å². The molecule has 7 heteroatoms. The number of furan rings is 1. The Hall–Kier alpha value is -2.28. The fourth-order valence-electron chi connectivity index (χ4n) is 3.87. The van der Waals surface area contributed by atoms with Crippen LogP contribution in [0.3, 0.4) is 0 Å². The SMILES string of the molecule is Cn1cc(C2CCN(C(=NCC3CCCO3)NCCc3ccco3)C2)cn1. The summed E-state index contributed by atoms with van der Waals surface area (Å²) in [6.45, 7) is 4.40. The third-order valence-electron chi connectivity index (χ3n) is 5.39. The molecule has 2 aromatic heterocycles. The molecule has 4 heterocycles. The van der Waals surface area contributed by atoms with Gasteiger partial charge in [-0.3, -0.25) is 9.67 Å². The lowest BCUT2D eigenvalue weighted by atomic mass is 10.0. The van der Waals surface area contributed by atoms with Crippen LogP contribution in [0.5, 0.6) is 0 Å². The number of hydrogen-bond acceptors (Lipinski definition) is 4. The van der Waals surface area contributed by atoms with Crippen molar-refractivity contribution in [2.24, 2.45) is 12.0 Å². The second-order valence-electron chi connectivity index (χ2n) is 7.43. The van der Waals surface area contributed by atoms with Crippen LogP contribution in [0.25, 0.3) is 0 Å². The molecule has 0 spiro atoms. The minimum Gasteiger partial charge on any atom is -0.469 e. The highest BCUT2D eigenvalue weighted by Gasteiger charge is 2.27. The molecule has 2 unspecified atom stereocenters. The largest absolute Gasteiger partial charge is 0.469 e. The summed E-state index contributed by atoms with van der Waals surface area (Å²) in [6, 6.07) is 3.94. The van der Waals surface area contributed by atoms with Crippen LogP contribution in [-0.4, -0.2) is 59.5 Å². The lowest BCUT2D eigenvalue weighted by Gasteiger charge is -2.22. The molecule has 2 aliphatic rings. The molecule has 0 aromatic carbocycles. The Bertz CT molecular complexity index is 733. The van der Waals surface area contributed by atoms with Gasteiger partial charge in [-0.1, -0.05) is 0 Å². The van der Waals surface area contributed by atoms with Crippen LogP contribution >= 0.6 is 0 Å². The molecule has 1 N–H and O–H groups in total. The van der Waals surface area contributed by atoms with Gasteiger partial charge >= 0.3 is 0 Å². The zero-order chi connectivity index (χ0) is 18.5. The highest BCUT2D eigenvalue weighted by Crippen LogP contribution is 2.26. The first-order chi connectivity index (χ1) is 13.3. The number of likely N-dealkylation sites (tertiary alicyclic amines) is 1. The quantitative estimate of drug-likeness (QED) is 0.623. The molecule has 2 fully saturated rings. The molecule has 2 aromatic rings. The van der Waals surface area contributed by atoms with Gasteiger partial charge in [0.25, 0.3) is 0 Å². The van der Waals surface area contributed by atoms with E-state index in [9.17, 15) is 0 Å². The van der Waals surface area contributed by atoms with Crippen LogP contribution in [-0.2, 0) is 18.2 Å². The number of aromatic nitrogens is 2. The van der Waals surface area contributed by atoms with Crippen molar-refractivity contribution in [1.29, 1.82) is 0 Å². The Labute approximate surface area is 160 Å². The standard InChI is InChI=1S/C20H29N5O2/c1-24-14-17(12-23-24)16-7-9-25(15-16)20(22-13-19-5-3-11-27-19)21-8-6-18-4-2-10-26-18/h2,4,10,12,14,16,19H,3,5-9,11,13,15H2,1H3,(H,21,22). The number of rotatable bonds is 6. The molecule has 2 aliphatic heterocycles. The van der Waals surface area contributed by atoms with E-state index in [1.54, 1.807) is 6.26 Å². The minimum absolute atomic E-state index is 0.267. The minimum atomic E-state index is 0.267. The van der Waals surface area contributed by atoms with Gasteiger partial charge in [0.1, 0.15) is 5.76 Å². The number of nitrogens with one attached hydrogen (secondary N) is 1. The second-order valence-corrected chi connectivity index (χ2v) is 7.43. The van der Waals surface area contributed by atoms with Crippen molar-refractivity contribution in [1.82, 2.24) is 20.0 Å². The number of nitrogens with zero attached hydrogens (tertiary/aromatic N) is 4. The van der Waals surface area contributed by atoms with Crippen molar-refractivity contribution in [3.05, 3.63) is 42.1 Å². The van der Waals surface area contributed by atoms with Crippen LogP contribution in [0.2, 0.25) is 0 Å². The highest BCUT2D eigenvalue weighted by molar-refractivity contribution is 5.80. The fourth-order valence-corrected chi connectivity index (χ4v) is 3.87. The Balaban J connectivity index is 1.37. The van der Waals surface area contributed by atoms with Gasteiger partial charge in [-0.15, -0.1) is 0 Å². The van der Waals surface area contributed by atoms with E-state index in [1.165, 1.54) is 5.56 Å². The van der Waals surface area contributed by atoms with Crippen molar-refractivity contribution in [2.45, 2.75) is 37.7 Å². The van der Waals surface area contributed by atoms with E-state index < -0.39 is 0 Å². The van der Waals surface area contributed by atoms with Crippen molar-refractivity contribution in [3.63, 3.8) is 0 Å². The van der Waals surface area contributed by atoms with E-state index in [1.807, 2.05) is 30.1 Å². The third kappa shape index (κ3) is 4.71. The molecule has 0 bridgehead atoms. The summed E-state index contributed by atoms with van der Waals surface area (Å²) < 4.78 is 13.1. The lowest BCUT2D eigenvalue weighted by Crippen LogP contribution is -2.41. The first-order valence-corrected chi connectivity index (χ1v) is 9.94. The van der Waals surface area contributed by atoms with Crippen LogP contribution in [0, 0.1) is 0 Å². The van der Waals surface area contributed by atoms with E-state index in [0.717, 1.165) is 70.2 Å². The van der Waals surface area contributed by atoms with Crippen molar-refractivity contribution in [2.75, 3.05) is 32.8 Å². The van der Waals surface area contributed by atoms with Gasteiger partial charge < -0.3 is 19.4 Å². The molecule has 4 rings (SSSR count). The predicted octanol–water partition coefficient (Wildman–Crippen LogP) is 2.17. The maximum Gasteiger partial charge on any atom is 0.194 e. The zero-order valence-electron chi connectivity index (χ0n) is 16.0. The summed E-state index contributed by atoms with van der Waals surface area (Å²) in [4.78, 5) is 7.26. The molecule has 146 valence electrons. The number of guanidine groups is 1. The maximum atomic E-state index is 5.74. The summed E-state index contributed by atoms with van der Waals surface area (Å²) in [5, 5.41) is 7.86. The van der Waals surface area contributed by atoms with Gasteiger partial charge in [-0.2, -0.15) is 5.10 Å². The van der Waals surface area contributed by atoms with Crippen LogP contribution < -0.4 is 5.32 Å². The molecule has 0 amide bonds. The number of hydrogen-bond donors (Lipinski definition) is 1. The maximum absolute atomic E-state index is 5.74. The molecule has 2 saturated heterocycles. The van der Waals surface area contributed by atoms with E-state index in [2.05, 4.69) is 21.5 Å². The molecule has 2 atom stereocenters. The first-order valence-electron chi connectivity index (χ1n) is 9.94. The van der Waals surface area contributed by atoms with E-state index >= 15 is 0 Å². The number of ether oxygens (including phenoxy) is 1. The molecule has 0 aliphatic carbocycles. The number of aliphatic imine (C=N–C) groups is 1. The van der Waals surface area contributed by atoms with Gasteiger partial charge in [0.05, 0.1) is 25.1 Å². The van der Waals surface area contributed by atoms with Gasteiger partial charge in [0.15, 0.2) is 5.96 Å². The topological polar surface area (TPSA) is 67.8 Å². The van der Waals surface area contributed by atoms with Gasteiger partial charge in [-0.25, -0.2) is 0 Å². The second kappa shape index (κ2) is 8.61. The van der Waals surface area contributed by atoms with Gasteiger partial charge in [-0.05, 0) is 37.0 Å². The summed E-state index contributed by atoms with van der Waals surface area (Å²) in [5.74, 6) is 2.50. The summed E-state index contributed by atoms with van der Waals surface area (Å²) >= 11 is 0. The summed E-state index contributed by atoms with van der Waals surface area (Å²) in [7, 11) is 1.97. The van der Waals surface area contributed by atoms with Crippen LogP contribution in [0.15, 0.2) is 40.2 Å². The average Bonchev–Trinajstić information content (AvgIpc) is 3.46. The molecule has 7 nitrogen and oxygen atoms in total. The van der Waals surface area contributed by atoms with E-state index in [-0.39, 0.29) is 6.10 Å². The predicted molar refractivity (Wildman–Crippen MR) is 104 cm³/mol. The lowest BCUT2D eigenvalue weighted by molar-refractivity contribution is 0.117. The monoisotopic (exact) mass is 371 g/mol. The summed E-state index contributed by atoms with van der Waals surface area (Å²) in [6.07, 6.45) is 10.3. The third-order valence-corrected chi connectivity index (χ3v) is 5.39. The molecular weight excluding hydrogens is 342 g/mol. The van der Waals surface area contributed by atoms with Crippen molar-refractivity contribution < 1.29 is 9.15 Å². The number of aryl methyl sites for hydroxylation is 1. The molecule has 0 radical (unpaired) electrons. The van der Waals surface area contributed by atoms with Gasteiger partial charge in [0.2, 0.25) is 0 Å². The Morgan fingerprint density at radius 2 is 2.37 bits per heavy atom. The molecule has 0 saturated carbocycles. The Kier molecular flexibility index (Phi) is 5.77. The fraction of sp³-hybridized carbons (Fsp3) is 0.600. The smallest absolute Gasteiger partial charge is 0.194 e. The van der Waals surface area contributed by atoms with E-state index in [0.29, 0.717) is 5.92 Å². The molecule has 27 heavy (non-hydrogen) atoms. The Morgan fingerprint density at radius 1 is 1.41 bits per heavy atom. The van der Waals surface area contributed by atoms with Crippen molar-refractivity contribution in [3.8, 4) is 0 Å².